The van der Waals surface area contributed by atoms with Gasteiger partial charge in [-0.1, -0.05) is 0 Å². The first-order valence-electron chi connectivity index (χ1n) is 9.52. The second-order valence-corrected chi connectivity index (χ2v) is 10.7. The number of hydrogen-bond acceptors (Lipinski definition) is 6. The van der Waals surface area contributed by atoms with Crippen molar-refractivity contribution < 1.29 is 18.3 Å². The lowest BCUT2D eigenvalue weighted by Crippen LogP contribution is -2.49. The van der Waals surface area contributed by atoms with Crippen LogP contribution in [0.5, 0.6) is 0 Å². The van der Waals surface area contributed by atoms with Gasteiger partial charge in [0.05, 0.1) is 11.0 Å². The van der Waals surface area contributed by atoms with Gasteiger partial charge in [-0.25, -0.2) is 8.42 Å². The van der Waals surface area contributed by atoms with E-state index in [2.05, 4.69) is 10.2 Å². The topological polar surface area (TPSA) is 90.0 Å². The van der Waals surface area contributed by atoms with Crippen LogP contribution >= 0.6 is 11.3 Å². The molecule has 1 amide bonds. The Kier molecular flexibility index (Phi) is 6.75. The fourth-order valence-corrected chi connectivity index (χ4v) is 5.94. The molecule has 2 aromatic rings. The summed E-state index contributed by atoms with van der Waals surface area (Å²) < 4.78 is 27.3. The first-order valence-corrected chi connectivity index (χ1v) is 11.8. The number of carbonyl (C=O) groups is 1. The number of aryl methyl sites for hydroxylation is 2. The van der Waals surface area contributed by atoms with E-state index in [1.807, 2.05) is 19.9 Å². The smallest absolute Gasteiger partial charge is 0.243 e. The van der Waals surface area contributed by atoms with Crippen LogP contribution in [0.25, 0.3) is 0 Å². The first kappa shape index (κ1) is 21.9. The Morgan fingerprint density at radius 3 is 2.31 bits per heavy atom. The van der Waals surface area contributed by atoms with E-state index < -0.39 is 16.1 Å². The molecule has 1 fully saturated rings. The maximum atomic E-state index is 12.9. The van der Waals surface area contributed by atoms with E-state index in [-0.39, 0.29) is 10.8 Å². The highest BCUT2D eigenvalue weighted by Gasteiger charge is 2.29. The van der Waals surface area contributed by atoms with E-state index in [1.165, 1.54) is 28.2 Å². The number of aliphatic hydroxyl groups excluding tert-OH is 1. The molecule has 0 bridgehead atoms. The summed E-state index contributed by atoms with van der Waals surface area (Å²) in [5.74, 6) is -0.202. The SMILES string of the molecule is CC(=O)Nc1ccc(S(=O)(=O)N2CCN(C[C@@H](O)c3cc(C)sc3C)CC2)cc1. The van der Waals surface area contributed by atoms with Gasteiger partial charge in [0.2, 0.25) is 15.9 Å². The highest BCUT2D eigenvalue weighted by atomic mass is 32.2. The van der Waals surface area contributed by atoms with Crippen LogP contribution in [0.1, 0.15) is 28.3 Å². The Bertz CT molecular complexity index is 962. The number of rotatable bonds is 6. The van der Waals surface area contributed by atoms with Crippen LogP contribution < -0.4 is 5.32 Å². The van der Waals surface area contributed by atoms with Crippen LogP contribution in [-0.2, 0) is 14.8 Å². The number of hydrogen-bond donors (Lipinski definition) is 2. The Labute approximate surface area is 176 Å². The average Bonchev–Trinajstić information content (AvgIpc) is 3.00. The monoisotopic (exact) mass is 437 g/mol. The predicted octanol–water partition coefficient (Wildman–Crippen LogP) is 2.36. The highest BCUT2D eigenvalue weighted by molar-refractivity contribution is 7.89. The van der Waals surface area contributed by atoms with Gasteiger partial charge in [0, 0.05) is 55.1 Å². The van der Waals surface area contributed by atoms with Gasteiger partial charge in [0.15, 0.2) is 0 Å². The zero-order valence-corrected chi connectivity index (χ0v) is 18.5. The normalized spacial score (nSPS) is 17.2. The van der Waals surface area contributed by atoms with Crippen LogP contribution in [0, 0.1) is 13.8 Å². The molecule has 0 saturated carbocycles. The summed E-state index contributed by atoms with van der Waals surface area (Å²) in [7, 11) is -3.58. The number of carbonyl (C=O) groups excluding carboxylic acids is 1. The van der Waals surface area contributed by atoms with Gasteiger partial charge in [0.25, 0.3) is 0 Å². The molecule has 2 heterocycles. The molecule has 1 aliphatic heterocycles. The molecule has 1 aliphatic rings. The van der Waals surface area contributed by atoms with Gasteiger partial charge >= 0.3 is 0 Å². The molecule has 1 saturated heterocycles. The summed E-state index contributed by atoms with van der Waals surface area (Å²) in [6, 6.07) is 8.23. The first-order chi connectivity index (χ1) is 13.7. The summed E-state index contributed by atoms with van der Waals surface area (Å²) in [4.78, 5) is 15.7. The molecule has 1 atom stereocenters. The van der Waals surface area contributed by atoms with Crippen LogP contribution in [-0.4, -0.2) is 61.4 Å². The van der Waals surface area contributed by atoms with Crippen molar-refractivity contribution >= 4 is 33.0 Å². The Balaban J connectivity index is 1.59. The van der Waals surface area contributed by atoms with Gasteiger partial charge in [-0.15, -0.1) is 11.3 Å². The number of sulfonamides is 1. The number of amides is 1. The lowest BCUT2D eigenvalue weighted by Gasteiger charge is -2.35. The van der Waals surface area contributed by atoms with E-state index in [9.17, 15) is 18.3 Å². The summed E-state index contributed by atoms with van der Waals surface area (Å²) in [6.45, 7) is 7.84. The Morgan fingerprint density at radius 1 is 1.17 bits per heavy atom. The van der Waals surface area contributed by atoms with Gasteiger partial charge < -0.3 is 10.4 Å². The molecule has 2 N–H and O–H groups in total. The molecule has 1 aromatic carbocycles. The van der Waals surface area contributed by atoms with Crippen molar-refractivity contribution in [1.82, 2.24) is 9.21 Å². The number of benzene rings is 1. The third-order valence-corrected chi connectivity index (χ3v) is 7.91. The molecular formula is C20H27N3O4S2. The van der Waals surface area contributed by atoms with Gasteiger partial charge in [-0.3, -0.25) is 9.69 Å². The molecule has 29 heavy (non-hydrogen) atoms. The number of piperazine rings is 1. The number of aliphatic hydroxyl groups is 1. The van der Waals surface area contributed by atoms with Crippen LogP contribution in [0.15, 0.2) is 35.2 Å². The van der Waals surface area contributed by atoms with Gasteiger partial charge in [-0.2, -0.15) is 4.31 Å². The third kappa shape index (κ3) is 5.23. The minimum absolute atomic E-state index is 0.202. The molecular weight excluding hydrogens is 410 g/mol. The molecule has 9 heteroatoms. The zero-order valence-electron chi connectivity index (χ0n) is 16.9. The minimum atomic E-state index is -3.58. The summed E-state index contributed by atoms with van der Waals surface area (Å²) in [6.07, 6.45) is -0.565. The standard InChI is InChI=1S/C20H27N3O4S2/c1-14-12-19(15(2)28-14)20(25)13-22-8-10-23(11-9-22)29(26,27)18-6-4-17(5-7-18)21-16(3)24/h4-7,12,20,25H,8-11,13H2,1-3H3,(H,21,24)/t20-/m1/s1. The van der Waals surface area contributed by atoms with Crippen molar-refractivity contribution in [1.29, 1.82) is 0 Å². The zero-order chi connectivity index (χ0) is 21.2. The van der Waals surface area contributed by atoms with E-state index in [0.29, 0.717) is 38.4 Å². The van der Waals surface area contributed by atoms with E-state index in [1.54, 1.807) is 23.5 Å². The van der Waals surface area contributed by atoms with Crippen molar-refractivity contribution in [2.75, 3.05) is 38.0 Å². The minimum Gasteiger partial charge on any atom is -0.387 e. The largest absolute Gasteiger partial charge is 0.387 e. The molecule has 0 radical (unpaired) electrons. The van der Waals surface area contributed by atoms with Crippen molar-refractivity contribution in [3.8, 4) is 0 Å². The van der Waals surface area contributed by atoms with Gasteiger partial charge in [-0.05, 0) is 49.7 Å². The quantitative estimate of drug-likeness (QED) is 0.724. The number of nitrogens with zero attached hydrogens (tertiary/aromatic N) is 2. The molecule has 0 unspecified atom stereocenters. The van der Waals surface area contributed by atoms with Crippen LogP contribution in [0.4, 0.5) is 5.69 Å². The fraction of sp³-hybridized carbons (Fsp3) is 0.450. The van der Waals surface area contributed by atoms with E-state index in [4.69, 9.17) is 0 Å². The fourth-order valence-electron chi connectivity index (χ4n) is 3.54. The van der Waals surface area contributed by atoms with Gasteiger partial charge in [0.1, 0.15) is 0 Å². The average molecular weight is 438 g/mol. The molecule has 158 valence electrons. The summed E-state index contributed by atoms with van der Waals surface area (Å²) in [5, 5.41) is 13.2. The van der Waals surface area contributed by atoms with E-state index >= 15 is 0 Å². The lowest BCUT2D eigenvalue weighted by molar-refractivity contribution is -0.114. The molecule has 0 spiro atoms. The Hall–Kier alpha value is -1.78. The molecule has 3 rings (SSSR count). The second kappa shape index (κ2) is 8.93. The maximum absolute atomic E-state index is 12.9. The second-order valence-electron chi connectivity index (χ2n) is 7.29. The van der Waals surface area contributed by atoms with E-state index in [0.717, 1.165) is 10.4 Å². The summed E-state index contributed by atoms with van der Waals surface area (Å²) >= 11 is 1.68. The molecule has 7 nitrogen and oxygen atoms in total. The van der Waals surface area contributed by atoms with Crippen LogP contribution in [0.3, 0.4) is 0 Å². The molecule has 0 aliphatic carbocycles. The van der Waals surface area contributed by atoms with Crippen LogP contribution in [0.2, 0.25) is 0 Å². The van der Waals surface area contributed by atoms with Crippen molar-refractivity contribution in [3.05, 3.63) is 45.6 Å². The third-order valence-electron chi connectivity index (χ3n) is 5.01. The summed E-state index contributed by atoms with van der Waals surface area (Å²) in [5.41, 5.74) is 1.52. The van der Waals surface area contributed by atoms with Crippen molar-refractivity contribution in [2.45, 2.75) is 31.8 Å². The Morgan fingerprint density at radius 2 is 1.79 bits per heavy atom. The lowest BCUT2D eigenvalue weighted by atomic mass is 10.1. The maximum Gasteiger partial charge on any atom is 0.243 e. The number of nitrogens with one attached hydrogen (secondary N) is 1. The number of thiophene rings is 1. The van der Waals surface area contributed by atoms with Crippen molar-refractivity contribution in [3.63, 3.8) is 0 Å². The number of β-amino-alcohol motifs (C(OH)–C–C–N with tert-alkyl or cyclic N) is 1. The highest BCUT2D eigenvalue weighted by Crippen LogP contribution is 2.27. The van der Waals surface area contributed by atoms with Crippen molar-refractivity contribution in [2.24, 2.45) is 0 Å². The number of anilines is 1. The molecule has 1 aromatic heterocycles. The predicted molar refractivity (Wildman–Crippen MR) is 115 cm³/mol.